The maximum atomic E-state index is 12.9. The molecule has 0 radical (unpaired) electrons. The minimum absolute atomic E-state index is 0.0765. The monoisotopic (exact) mass is 459 g/mol. The molecule has 0 aromatic carbocycles. The molecule has 0 aliphatic carbocycles. The van der Waals surface area contributed by atoms with Gasteiger partial charge in [0.25, 0.3) is 0 Å². The summed E-state index contributed by atoms with van der Waals surface area (Å²) in [6, 6.07) is -2.41. The fourth-order valence-electron chi connectivity index (χ4n) is 2.99. The number of carbonyl (C=O) groups is 4. The lowest BCUT2D eigenvalue weighted by atomic mass is 9.99. The first-order valence-corrected chi connectivity index (χ1v) is 11.0. The SMILES string of the molecule is CC(=O)N[C@@H](CC(C)C)C(=O)N[C@@H](CC(C)C)C(=O)N[C@@H](CCC[NH+]=C(N)N)C(=O)S. The summed E-state index contributed by atoms with van der Waals surface area (Å²) < 4.78 is 0. The molecule has 3 atom stereocenters. The van der Waals surface area contributed by atoms with Gasteiger partial charge in [0.05, 0.1) is 12.6 Å². The normalized spacial score (nSPS) is 13.8. The first-order chi connectivity index (χ1) is 14.3. The van der Waals surface area contributed by atoms with E-state index in [1.807, 2.05) is 27.7 Å². The highest BCUT2D eigenvalue weighted by Crippen LogP contribution is 2.10. The fraction of sp³-hybridized carbons (Fsp3) is 0.750. The summed E-state index contributed by atoms with van der Waals surface area (Å²) in [4.78, 5) is 51.8. The van der Waals surface area contributed by atoms with E-state index < -0.39 is 35.1 Å². The number of hydrogen-bond donors (Lipinski definition) is 7. The Morgan fingerprint density at radius 2 is 1.29 bits per heavy atom. The van der Waals surface area contributed by atoms with Crippen molar-refractivity contribution in [3.8, 4) is 0 Å². The Balaban J connectivity index is 5.25. The predicted molar refractivity (Wildman–Crippen MR) is 123 cm³/mol. The van der Waals surface area contributed by atoms with Crippen molar-refractivity contribution in [3.05, 3.63) is 0 Å². The van der Waals surface area contributed by atoms with E-state index in [4.69, 9.17) is 11.5 Å². The molecule has 0 aliphatic heterocycles. The van der Waals surface area contributed by atoms with Crippen molar-refractivity contribution in [2.24, 2.45) is 23.3 Å². The van der Waals surface area contributed by atoms with Gasteiger partial charge < -0.3 is 16.0 Å². The van der Waals surface area contributed by atoms with E-state index in [0.29, 0.717) is 32.2 Å². The number of rotatable bonds is 14. The summed E-state index contributed by atoms with van der Waals surface area (Å²) >= 11 is 3.86. The lowest BCUT2D eigenvalue weighted by Gasteiger charge is -2.26. The van der Waals surface area contributed by atoms with Crippen LogP contribution in [0.4, 0.5) is 0 Å². The Morgan fingerprint density at radius 1 is 0.839 bits per heavy atom. The average Bonchev–Trinajstić information content (AvgIpc) is 2.61. The number of guanidine groups is 1. The third kappa shape index (κ3) is 13.6. The highest BCUT2D eigenvalue weighted by atomic mass is 32.1. The van der Waals surface area contributed by atoms with E-state index in [0.717, 1.165) is 0 Å². The van der Waals surface area contributed by atoms with E-state index in [1.54, 1.807) is 0 Å². The van der Waals surface area contributed by atoms with Crippen molar-refractivity contribution in [1.82, 2.24) is 16.0 Å². The average molecular weight is 460 g/mol. The van der Waals surface area contributed by atoms with Crippen LogP contribution in [0.3, 0.4) is 0 Å². The molecular weight excluding hydrogens is 420 g/mol. The minimum Gasteiger partial charge on any atom is -0.345 e. The van der Waals surface area contributed by atoms with E-state index in [1.165, 1.54) is 6.92 Å². The first kappa shape index (κ1) is 28.7. The molecule has 10 nitrogen and oxygen atoms in total. The molecule has 0 rings (SSSR count). The third-order valence-electron chi connectivity index (χ3n) is 4.35. The third-order valence-corrected chi connectivity index (χ3v) is 4.67. The Hall–Kier alpha value is -2.30. The Morgan fingerprint density at radius 3 is 1.68 bits per heavy atom. The molecule has 0 saturated carbocycles. The van der Waals surface area contributed by atoms with E-state index in [-0.39, 0.29) is 23.7 Å². The molecule has 0 unspecified atom stereocenters. The molecule has 31 heavy (non-hydrogen) atoms. The summed E-state index contributed by atoms with van der Waals surface area (Å²) in [6.45, 7) is 9.50. The zero-order valence-corrected chi connectivity index (χ0v) is 20.1. The summed E-state index contributed by atoms with van der Waals surface area (Å²) in [5.74, 6) is -0.879. The smallest absolute Gasteiger partial charge is 0.338 e. The highest BCUT2D eigenvalue weighted by Gasteiger charge is 2.29. The van der Waals surface area contributed by atoms with Crippen molar-refractivity contribution < 1.29 is 24.2 Å². The molecule has 0 saturated heterocycles. The first-order valence-electron chi connectivity index (χ1n) is 10.6. The van der Waals surface area contributed by atoms with Gasteiger partial charge in [0.1, 0.15) is 12.1 Å². The number of carbonyl (C=O) groups excluding carboxylic acids is 4. The summed E-state index contributed by atoms with van der Waals surface area (Å²) in [7, 11) is 0. The van der Waals surface area contributed by atoms with Crippen LogP contribution in [0.15, 0.2) is 0 Å². The molecule has 0 aliphatic rings. The maximum Gasteiger partial charge on any atom is 0.338 e. The number of hydrogen-bond acceptors (Lipinski definition) is 4. The van der Waals surface area contributed by atoms with Crippen molar-refractivity contribution in [2.45, 2.75) is 78.4 Å². The van der Waals surface area contributed by atoms with Crippen LogP contribution in [0.2, 0.25) is 0 Å². The van der Waals surface area contributed by atoms with Gasteiger partial charge in [-0.2, -0.15) is 0 Å². The number of nitrogens with two attached hydrogens (primary N) is 2. The maximum absolute atomic E-state index is 12.9. The minimum atomic E-state index is -0.850. The second-order valence-electron chi connectivity index (χ2n) is 8.50. The highest BCUT2D eigenvalue weighted by molar-refractivity contribution is 7.96. The second-order valence-corrected chi connectivity index (χ2v) is 8.94. The molecule has 3 amide bonds. The van der Waals surface area contributed by atoms with Gasteiger partial charge >= 0.3 is 5.96 Å². The topological polar surface area (TPSA) is 170 Å². The standard InChI is InChI=1S/C20H38N6O4S/c1-11(2)9-15(24-13(5)27)17(28)26-16(10-12(3)4)18(29)25-14(19(30)31)7-6-8-23-20(21)22/h11-12,14-16H,6-10H2,1-5H3,(H,24,27)(H,25,29)(H,26,28)(H,30,31)(H4,21,22,23)/p+1/t14-,15-,16-/m0/s1. The van der Waals surface area contributed by atoms with Crippen LogP contribution < -0.4 is 32.4 Å². The van der Waals surface area contributed by atoms with Crippen molar-refractivity contribution in [3.63, 3.8) is 0 Å². The molecule has 0 aromatic heterocycles. The Bertz CT molecular complexity index is 650. The Labute approximate surface area is 190 Å². The van der Waals surface area contributed by atoms with Gasteiger partial charge in [-0.3, -0.25) is 35.6 Å². The van der Waals surface area contributed by atoms with Crippen LogP contribution in [0.1, 0.15) is 60.3 Å². The van der Waals surface area contributed by atoms with Crippen LogP contribution in [0.25, 0.3) is 0 Å². The van der Waals surface area contributed by atoms with E-state index >= 15 is 0 Å². The van der Waals surface area contributed by atoms with Gasteiger partial charge in [0.15, 0.2) is 0 Å². The molecule has 8 N–H and O–H groups in total. The van der Waals surface area contributed by atoms with Gasteiger partial charge in [-0.25, -0.2) is 0 Å². The fourth-order valence-corrected chi connectivity index (χ4v) is 3.19. The van der Waals surface area contributed by atoms with Crippen LogP contribution >= 0.6 is 12.6 Å². The van der Waals surface area contributed by atoms with Crippen LogP contribution in [-0.2, 0) is 19.2 Å². The lowest BCUT2D eigenvalue weighted by molar-refractivity contribution is -0.459. The van der Waals surface area contributed by atoms with E-state index in [9.17, 15) is 19.2 Å². The molecule has 0 bridgehead atoms. The van der Waals surface area contributed by atoms with Gasteiger partial charge in [-0.1, -0.05) is 27.7 Å². The predicted octanol–water partition coefficient (Wildman–Crippen LogP) is -1.86. The number of amides is 3. The number of thiol groups is 1. The van der Waals surface area contributed by atoms with E-state index in [2.05, 4.69) is 33.6 Å². The zero-order chi connectivity index (χ0) is 24.1. The summed E-state index contributed by atoms with van der Waals surface area (Å²) in [5.41, 5.74) is 10.7. The molecule has 0 spiro atoms. The van der Waals surface area contributed by atoms with Crippen molar-refractivity contribution in [2.75, 3.05) is 6.54 Å². The zero-order valence-electron chi connectivity index (χ0n) is 19.2. The summed E-state index contributed by atoms with van der Waals surface area (Å²) in [5, 5.41) is 7.56. The molecule has 178 valence electrons. The second kappa shape index (κ2) is 14.7. The summed E-state index contributed by atoms with van der Waals surface area (Å²) in [6.07, 6.45) is 1.67. The largest absolute Gasteiger partial charge is 0.345 e. The van der Waals surface area contributed by atoms with Crippen LogP contribution in [0.5, 0.6) is 0 Å². The Kier molecular flexibility index (Phi) is 13.6. The molecule has 0 aromatic rings. The van der Waals surface area contributed by atoms with Crippen LogP contribution in [0, 0.1) is 11.8 Å². The molecule has 0 fully saturated rings. The van der Waals surface area contributed by atoms with Gasteiger partial charge in [0.2, 0.25) is 22.8 Å². The van der Waals surface area contributed by atoms with Crippen molar-refractivity contribution >= 4 is 41.4 Å². The van der Waals surface area contributed by atoms with Crippen molar-refractivity contribution in [1.29, 1.82) is 0 Å². The lowest BCUT2D eigenvalue weighted by Crippen LogP contribution is -2.78. The van der Waals surface area contributed by atoms with Gasteiger partial charge in [-0.05, 0) is 37.5 Å². The van der Waals surface area contributed by atoms with Gasteiger partial charge in [0, 0.05) is 6.92 Å². The quantitative estimate of drug-likeness (QED) is 0.0695. The molecular formula is C20H39N6O4S+. The molecule has 0 heterocycles. The van der Waals surface area contributed by atoms with Crippen LogP contribution in [-0.4, -0.2) is 53.5 Å². The van der Waals surface area contributed by atoms with Gasteiger partial charge in [-0.15, -0.1) is 12.6 Å². The molecule has 11 heteroatoms. The number of nitrogens with one attached hydrogen (secondary N) is 4.